The van der Waals surface area contributed by atoms with E-state index in [9.17, 15) is 9.59 Å². The summed E-state index contributed by atoms with van der Waals surface area (Å²) in [6.45, 7) is 5.14. The van der Waals surface area contributed by atoms with Crippen molar-refractivity contribution in [2.45, 2.75) is 20.3 Å². The minimum Gasteiger partial charge on any atom is -0.481 e. The third-order valence-corrected chi connectivity index (χ3v) is 6.37. The van der Waals surface area contributed by atoms with Crippen LogP contribution in [-0.4, -0.2) is 56.1 Å². The first kappa shape index (κ1) is 30.7. The van der Waals surface area contributed by atoms with E-state index in [2.05, 4.69) is 5.32 Å². The van der Waals surface area contributed by atoms with Crippen molar-refractivity contribution < 1.29 is 38.2 Å². The molecule has 2 aliphatic rings. The second-order valence-electron chi connectivity index (χ2n) is 9.04. The number of ether oxygens (including phenoxy) is 2. The van der Waals surface area contributed by atoms with Crippen LogP contribution in [0.4, 0.5) is 5.69 Å². The molecule has 4 rings (SSSR count). The Hall–Kier alpha value is -4.83. The largest absolute Gasteiger partial charge is 0.481 e. The lowest BCUT2D eigenvalue weighted by Crippen LogP contribution is -2.27. The number of nitrogens with one attached hydrogen (secondary N) is 2. The lowest BCUT2D eigenvalue weighted by atomic mass is 9.90. The van der Waals surface area contributed by atoms with Crippen molar-refractivity contribution >= 4 is 34.7 Å². The van der Waals surface area contributed by atoms with Gasteiger partial charge in [-0.25, -0.2) is 0 Å². The predicted molar refractivity (Wildman–Crippen MR) is 149 cm³/mol. The fourth-order valence-corrected chi connectivity index (χ4v) is 4.25. The maximum Gasteiger partial charge on any atom is 0.373 e. The molecule has 1 aliphatic heterocycles. The first-order valence-electron chi connectivity index (χ1n) is 12.7. The summed E-state index contributed by atoms with van der Waals surface area (Å²) in [4.78, 5) is 39.6. The fraction of sp³-hybridized carbons (Fsp3) is 0.267. The summed E-state index contributed by atoms with van der Waals surface area (Å²) in [5, 5.41) is 20.9. The number of rotatable bonds is 11. The highest BCUT2D eigenvalue weighted by molar-refractivity contribution is 6.05. The van der Waals surface area contributed by atoms with Crippen LogP contribution in [0.5, 0.6) is 0 Å². The number of aryl methyl sites for hydroxylation is 1. The zero-order valence-corrected chi connectivity index (χ0v) is 22.7. The zero-order chi connectivity index (χ0) is 29.9. The molecule has 5 N–H and O–H groups in total. The third-order valence-electron chi connectivity index (χ3n) is 6.37. The van der Waals surface area contributed by atoms with E-state index in [4.69, 9.17) is 39.7 Å². The molecule has 0 radical (unpaired) electrons. The molecule has 0 spiro atoms. The summed E-state index contributed by atoms with van der Waals surface area (Å²) in [5.41, 5.74) is 12.1. The van der Waals surface area contributed by atoms with Gasteiger partial charge in [-0.2, -0.15) is 9.59 Å². The van der Waals surface area contributed by atoms with E-state index >= 15 is 0 Å². The summed E-state index contributed by atoms with van der Waals surface area (Å²) in [6.07, 6.45) is 0.205. The summed E-state index contributed by atoms with van der Waals surface area (Å²) in [5.74, 6) is -0.515. The van der Waals surface area contributed by atoms with Gasteiger partial charge in [-0.3, -0.25) is 9.59 Å². The molecule has 0 saturated heterocycles. The van der Waals surface area contributed by atoms with Crippen LogP contribution in [-0.2, 0) is 23.9 Å². The number of carbonyl (C=O) groups is 2. The summed E-state index contributed by atoms with van der Waals surface area (Å²) in [6, 6.07) is 14.8. The second kappa shape index (κ2) is 14.5. The van der Waals surface area contributed by atoms with Crippen LogP contribution >= 0.6 is 0 Å². The van der Waals surface area contributed by atoms with Gasteiger partial charge in [0, 0.05) is 45.4 Å². The highest BCUT2D eigenvalue weighted by Gasteiger charge is 2.21. The number of aliphatic carboxylic acids is 1. The standard InChI is InChI=1S/C29H31N3O6.CO2/c1-17-23(30)8-6-21-26(22-7-9-24(31)18(2)28(22)38-27(17)21)19-4-3-5-20(16-19)29(35)32-11-13-37-15-14-36-12-10-25(33)34;2-1-3/h3-9,16,30H,10-15,31H2,1-2H3,(H,32,35)(H,33,34);. The number of anilines is 1. The van der Waals surface area contributed by atoms with E-state index in [1.807, 2.05) is 50.2 Å². The van der Waals surface area contributed by atoms with Gasteiger partial charge >= 0.3 is 12.1 Å². The van der Waals surface area contributed by atoms with E-state index in [0.29, 0.717) is 54.3 Å². The van der Waals surface area contributed by atoms with Gasteiger partial charge in [0.25, 0.3) is 5.91 Å². The molecule has 11 nitrogen and oxygen atoms in total. The Morgan fingerprint density at radius 3 is 2.41 bits per heavy atom. The SMILES string of the molecule is Cc1c2oc3c(C)c(N)ccc3c(-c3cccc(C(=O)NCCOCCOCCC(=O)O)c3)c-2ccc1=N.O=C=O. The molecule has 214 valence electrons. The first-order valence-corrected chi connectivity index (χ1v) is 12.7. The van der Waals surface area contributed by atoms with E-state index in [-0.39, 0.29) is 25.1 Å². The second-order valence-corrected chi connectivity index (χ2v) is 9.04. The van der Waals surface area contributed by atoms with Gasteiger partial charge in [0.2, 0.25) is 0 Å². The number of carboxylic acids is 1. The van der Waals surface area contributed by atoms with Crippen LogP contribution in [0.25, 0.3) is 33.4 Å². The molecular weight excluding hydrogens is 530 g/mol. The van der Waals surface area contributed by atoms with Gasteiger partial charge in [-0.05, 0) is 55.8 Å². The van der Waals surface area contributed by atoms with Crippen LogP contribution < -0.4 is 16.4 Å². The number of fused-ring (bicyclic) bond motifs is 2. The molecule has 2 aromatic carbocycles. The predicted octanol–water partition coefficient (Wildman–Crippen LogP) is 3.54. The molecule has 0 unspecified atom stereocenters. The summed E-state index contributed by atoms with van der Waals surface area (Å²) in [7, 11) is 0. The lowest BCUT2D eigenvalue weighted by Gasteiger charge is -2.19. The number of hydrogen-bond donors (Lipinski definition) is 4. The van der Waals surface area contributed by atoms with Crippen molar-refractivity contribution in [2.24, 2.45) is 0 Å². The van der Waals surface area contributed by atoms with E-state index in [1.165, 1.54) is 0 Å². The Balaban J connectivity index is 0.00000147. The van der Waals surface area contributed by atoms with Gasteiger partial charge < -0.3 is 35.5 Å². The number of nitrogens with two attached hydrogens (primary N) is 1. The van der Waals surface area contributed by atoms with Crippen LogP contribution in [0, 0.1) is 19.3 Å². The molecule has 41 heavy (non-hydrogen) atoms. The Labute approximate surface area is 235 Å². The van der Waals surface area contributed by atoms with E-state index in [0.717, 1.165) is 33.2 Å². The minimum absolute atomic E-state index is 0.0447. The zero-order valence-electron chi connectivity index (χ0n) is 22.7. The normalized spacial score (nSPS) is 10.6. The maximum atomic E-state index is 12.9. The van der Waals surface area contributed by atoms with Crippen molar-refractivity contribution in [3.8, 4) is 22.5 Å². The molecule has 2 aromatic rings. The average Bonchev–Trinajstić information content (AvgIpc) is 2.95. The number of benzene rings is 3. The number of carboxylic acid groups (broad SMARTS) is 1. The molecule has 0 atom stereocenters. The van der Waals surface area contributed by atoms with Crippen molar-refractivity contribution in [1.82, 2.24) is 5.32 Å². The number of amides is 1. The molecule has 11 heteroatoms. The first-order chi connectivity index (χ1) is 19.7. The topological polar surface area (TPSA) is 182 Å². The average molecular weight is 562 g/mol. The molecule has 0 aromatic heterocycles. The highest BCUT2D eigenvalue weighted by Crippen LogP contribution is 2.42. The Kier molecular flexibility index (Phi) is 10.9. The van der Waals surface area contributed by atoms with Gasteiger partial charge in [0.05, 0.1) is 38.2 Å². The van der Waals surface area contributed by atoms with Gasteiger partial charge in [-0.15, -0.1) is 0 Å². The molecule has 1 amide bonds. The van der Waals surface area contributed by atoms with Crippen molar-refractivity contribution in [2.75, 3.05) is 38.7 Å². The summed E-state index contributed by atoms with van der Waals surface area (Å²) >= 11 is 0. The molecule has 0 fully saturated rings. The third kappa shape index (κ3) is 7.64. The minimum atomic E-state index is -0.904. The van der Waals surface area contributed by atoms with Crippen LogP contribution in [0.2, 0.25) is 0 Å². The van der Waals surface area contributed by atoms with Crippen molar-refractivity contribution in [3.63, 3.8) is 0 Å². The molecule has 0 saturated carbocycles. The van der Waals surface area contributed by atoms with Gasteiger partial charge in [0.15, 0.2) is 0 Å². The molecule has 1 aliphatic carbocycles. The molecule has 1 heterocycles. The lowest BCUT2D eigenvalue weighted by molar-refractivity contribution is -0.191. The number of nitrogen functional groups attached to an aromatic ring is 1. The van der Waals surface area contributed by atoms with Gasteiger partial charge in [0.1, 0.15) is 11.3 Å². The fourth-order valence-electron chi connectivity index (χ4n) is 4.25. The molecule has 0 bridgehead atoms. The van der Waals surface area contributed by atoms with Crippen molar-refractivity contribution in [3.05, 3.63) is 70.6 Å². The number of carbonyl (C=O) groups excluding carboxylic acids is 3. The van der Waals surface area contributed by atoms with Crippen LogP contribution in [0.15, 0.2) is 52.9 Å². The number of hydrogen-bond acceptors (Lipinski definition) is 9. The van der Waals surface area contributed by atoms with E-state index in [1.54, 1.807) is 12.1 Å². The summed E-state index contributed by atoms with van der Waals surface area (Å²) < 4.78 is 16.9. The van der Waals surface area contributed by atoms with Gasteiger partial charge in [-0.1, -0.05) is 12.1 Å². The quantitative estimate of drug-likeness (QED) is 0.121. The highest BCUT2D eigenvalue weighted by atomic mass is 16.5. The smallest absolute Gasteiger partial charge is 0.373 e. The van der Waals surface area contributed by atoms with Crippen LogP contribution in [0.1, 0.15) is 27.9 Å². The molecular formula is C30H31N3O8. The monoisotopic (exact) mass is 561 g/mol. The van der Waals surface area contributed by atoms with Crippen LogP contribution in [0.3, 0.4) is 0 Å². The maximum absolute atomic E-state index is 12.9. The van der Waals surface area contributed by atoms with E-state index < -0.39 is 5.97 Å². The van der Waals surface area contributed by atoms with Crippen molar-refractivity contribution in [1.29, 1.82) is 5.41 Å². The Morgan fingerprint density at radius 1 is 1.00 bits per heavy atom. The Bertz CT molecular complexity index is 1610. The Morgan fingerprint density at radius 2 is 1.71 bits per heavy atom.